The number of anilines is 1. The second kappa shape index (κ2) is 13.5. The summed E-state index contributed by atoms with van der Waals surface area (Å²) in [5.41, 5.74) is 3.12. The number of ether oxygens (including phenoxy) is 1. The highest BCUT2D eigenvalue weighted by molar-refractivity contribution is 8.77. The number of hydrogen-bond donors (Lipinski definition) is 1. The first kappa shape index (κ1) is 25.4. The Kier molecular flexibility index (Phi) is 10.7. The molecule has 2 atom stereocenters. The third kappa shape index (κ3) is 7.99. The Morgan fingerprint density at radius 2 is 1.94 bits per heavy atom. The number of amides is 1. The summed E-state index contributed by atoms with van der Waals surface area (Å²) < 4.78 is 5.45. The molecule has 3 rings (SSSR count). The Morgan fingerprint density at radius 1 is 1.12 bits per heavy atom. The quantitative estimate of drug-likeness (QED) is 0.248. The molecule has 2 aliphatic rings. The second-order valence-electron chi connectivity index (χ2n) is 8.95. The van der Waals surface area contributed by atoms with Gasteiger partial charge in [0, 0.05) is 29.7 Å². The Morgan fingerprint density at radius 3 is 2.69 bits per heavy atom. The molecule has 0 radical (unpaired) electrons. The van der Waals surface area contributed by atoms with Gasteiger partial charge in [0.2, 0.25) is 5.91 Å². The lowest BCUT2D eigenvalue weighted by Gasteiger charge is -2.34. The van der Waals surface area contributed by atoms with Crippen LogP contribution in [-0.4, -0.2) is 53.5 Å². The van der Waals surface area contributed by atoms with Crippen LogP contribution in [0.1, 0.15) is 68.9 Å². The van der Waals surface area contributed by atoms with Crippen LogP contribution in [-0.2, 0) is 14.3 Å². The molecule has 32 heavy (non-hydrogen) atoms. The van der Waals surface area contributed by atoms with Crippen LogP contribution in [0, 0.1) is 13.8 Å². The van der Waals surface area contributed by atoms with E-state index in [4.69, 9.17) is 4.74 Å². The van der Waals surface area contributed by atoms with Gasteiger partial charge in [-0.15, -0.1) is 0 Å². The molecule has 0 aromatic heterocycles. The average Bonchev–Trinajstić information content (AvgIpc) is 3.31. The molecule has 0 bridgehead atoms. The molecular formula is C25H38N2O3S2. The van der Waals surface area contributed by atoms with Gasteiger partial charge in [-0.25, -0.2) is 0 Å². The topological polar surface area (TPSA) is 58.6 Å². The van der Waals surface area contributed by atoms with Crippen molar-refractivity contribution in [3.05, 3.63) is 29.3 Å². The largest absolute Gasteiger partial charge is 0.466 e. The fourth-order valence-corrected chi connectivity index (χ4v) is 7.53. The first-order valence-electron chi connectivity index (χ1n) is 12.1. The van der Waals surface area contributed by atoms with Crippen molar-refractivity contribution in [3.63, 3.8) is 0 Å². The number of esters is 1. The smallest absolute Gasteiger partial charge is 0.305 e. The fourth-order valence-electron chi connectivity index (χ4n) is 4.51. The van der Waals surface area contributed by atoms with E-state index in [9.17, 15) is 9.59 Å². The number of unbranched alkanes of at least 4 members (excludes halogenated alkanes) is 1. The summed E-state index contributed by atoms with van der Waals surface area (Å²) in [5, 5.41) is 3.95. The highest BCUT2D eigenvalue weighted by Crippen LogP contribution is 2.39. The Hall–Kier alpha value is -1.18. The number of rotatable bonds is 11. The number of piperidine rings is 1. The van der Waals surface area contributed by atoms with E-state index >= 15 is 0 Å². The minimum absolute atomic E-state index is 0.0814. The van der Waals surface area contributed by atoms with E-state index in [1.54, 1.807) is 0 Å². The van der Waals surface area contributed by atoms with Gasteiger partial charge in [0.15, 0.2) is 0 Å². The van der Waals surface area contributed by atoms with Crippen LogP contribution < -0.4 is 5.32 Å². The van der Waals surface area contributed by atoms with Gasteiger partial charge < -0.3 is 10.1 Å². The zero-order valence-corrected chi connectivity index (χ0v) is 21.2. The van der Waals surface area contributed by atoms with E-state index in [1.165, 1.54) is 18.6 Å². The van der Waals surface area contributed by atoms with E-state index in [0.717, 1.165) is 73.7 Å². The Balaban J connectivity index is 1.34. The zero-order chi connectivity index (χ0) is 22.8. The molecule has 5 nitrogen and oxygen atoms in total. The average molecular weight is 479 g/mol. The molecule has 1 aromatic rings. The first-order chi connectivity index (χ1) is 15.5. The van der Waals surface area contributed by atoms with Crippen molar-refractivity contribution in [3.8, 4) is 0 Å². The summed E-state index contributed by atoms with van der Waals surface area (Å²) >= 11 is 0. The van der Waals surface area contributed by atoms with Gasteiger partial charge in [-0.2, -0.15) is 0 Å². The summed E-state index contributed by atoms with van der Waals surface area (Å²) in [4.78, 5) is 27.3. The molecule has 1 aromatic carbocycles. The SMILES string of the molecule is Cc1cccc(C)c1NC(=O)C1CCCCN1CCCOC(=O)CCCC[C@H]1CCSS1. The van der Waals surface area contributed by atoms with Crippen molar-refractivity contribution in [1.29, 1.82) is 0 Å². The predicted octanol–water partition coefficient (Wildman–Crippen LogP) is 5.74. The van der Waals surface area contributed by atoms with Crippen LogP contribution in [0.3, 0.4) is 0 Å². The van der Waals surface area contributed by atoms with Crippen molar-refractivity contribution < 1.29 is 14.3 Å². The molecule has 0 saturated carbocycles. The normalized spacial score (nSPS) is 21.4. The summed E-state index contributed by atoms with van der Waals surface area (Å²) in [5.74, 6) is 1.27. The lowest BCUT2D eigenvalue weighted by molar-refractivity contribution is -0.144. The van der Waals surface area contributed by atoms with Gasteiger partial charge in [0.1, 0.15) is 0 Å². The predicted molar refractivity (Wildman–Crippen MR) is 136 cm³/mol. The van der Waals surface area contributed by atoms with Crippen LogP contribution in [0.2, 0.25) is 0 Å². The summed E-state index contributed by atoms with van der Waals surface area (Å²) in [6, 6.07) is 5.97. The molecule has 2 aliphatic heterocycles. The molecule has 0 spiro atoms. The molecule has 7 heteroatoms. The third-order valence-electron chi connectivity index (χ3n) is 6.38. The number of nitrogens with zero attached hydrogens (tertiary/aromatic N) is 1. The lowest BCUT2D eigenvalue weighted by atomic mass is 10.0. The summed E-state index contributed by atoms with van der Waals surface area (Å²) in [6.07, 6.45) is 8.92. The van der Waals surface area contributed by atoms with Crippen LogP contribution in [0.5, 0.6) is 0 Å². The maximum Gasteiger partial charge on any atom is 0.305 e. The summed E-state index contributed by atoms with van der Waals surface area (Å²) in [6.45, 7) is 6.21. The first-order valence-corrected chi connectivity index (χ1v) is 14.5. The molecular weight excluding hydrogens is 440 g/mol. The minimum Gasteiger partial charge on any atom is -0.466 e. The second-order valence-corrected chi connectivity index (χ2v) is 11.7. The van der Waals surface area contributed by atoms with Crippen LogP contribution >= 0.6 is 21.6 Å². The van der Waals surface area contributed by atoms with Gasteiger partial charge in [-0.3, -0.25) is 14.5 Å². The van der Waals surface area contributed by atoms with Crippen molar-refractivity contribution in [2.24, 2.45) is 0 Å². The van der Waals surface area contributed by atoms with E-state index in [-0.39, 0.29) is 17.9 Å². The van der Waals surface area contributed by atoms with Crippen molar-refractivity contribution in [1.82, 2.24) is 4.90 Å². The molecule has 2 heterocycles. The third-order valence-corrected chi connectivity index (χ3v) is 9.39. The van der Waals surface area contributed by atoms with E-state index in [1.807, 2.05) is 53.6 Å². The van der Waals surface area contributed by atoms with Crippen molar-refractivity contribution >= 4 is 39.2 Å². The van der Waals surface area contributed by atoms with Gasteiger partial charge in [0.25, 0.3) is 0 Å². The highest BCUT2D eigenvalue weighted by Gasteiger charge is 2.28. The van der Waals surface area contributed by atoms with Crippen molar-refractivity contribution in [2.75, 3.05) is 30.8 Å². The Labute approximate surface area is 201 Å². The Bertz CT molecular complexity index is 732. The number of aryl methyl sites for hydroxylation is 2. The maximum atomic E-state index is 13.0. The van der Waals surface area contributed by atoms with Gasteiger partial charge in [-0.05, 0) is 70.0 Å². The standard InChI is InChI=1S/C25H38N2O3S2/c1-19-9-7-10-20(2)24(19)26-25(29)22-12-5-6-15-27(22)16-8-17-30-23(28)13-4-3-11-21-14-18-31-32-21/h7,9-10,21-22H,3-6,8,11-18H2,1-2H3,(H,26,29)/t21-,22?/m0/s1. The molecule has 1 amide bonds. The number of likely N-dealkylation sites (tertiary alicyclic amines) is 1. The van der Waals surface area contributed by atoms with Gasteiger partial charge in [0.05, 0.1) is 12.6 Å². The fraction of sp³-hybridized carbons (Fsp3) is 0.680. The number of nitrogens with one attached hydrogen (secondary N) is 1. The zero-order valence-electron chi connectivity index (χ0n) is 19.6. The number of para-hydroxylation sites is 1. The molecule has 1 N–H and O–H groups in total. The highest BCUT2D eigenvalue weighted by atomic mass is 33.1. The number of carbonyl (C=O) groups excluding carboxylic acids is 2. The maximum absolute atomic E-state index is 13.0. The minimum atomic E-state index is -0.106. The van der Waals surface area contributed by atoms with Gasteiger partial charge >= 0.3 is 5.97 Å². The van der Waals surface area contributed by atoms with E-state index < -0.39 is 0 Å². The van der Waals surface area contributed by atoms with Crippen LogP contribution in [0.4, 0.5) is 5.69 Å². The number of benzene rings is 1. The monoisotopic (exact) mass is 478 g/mol. The molecule has 2 fully saturated rings. The number of carbonyl (C=O) groups is 2. The number of hydrogen-bond acceptors (Lipinski definition) is 6. The van der Waals surface area contributed by atoms with Gasteiger partial charge in [-0.1, -0.05) is 52.6 Å². The van der Waals surface area contributed by atoms with E-state index in [2.05, 4.69) is 10.2 Å². The summed E-state index contributed by atoms with van der Waals surface area (Å²) in [7, 11) is 3.97. The lowest BCUT2D eigenvalue weighted by Crippen LogP contribution is -2.47. The van der Waals surface area contributed by atoms with Crippen LogP contribution in [0.15, 0.2) is 18.2 Å². The van der Waals surface area contributed by atoms with E-state index in [0.29, 0.717) is 13.0 Å². The molecule has 2 saturated heterocycles. The molecule has 0 aliphatic carbocycles. The van der Waals surface area contributed by atoms with Crippen LogP contribution in [0.25, 0.3) is 0 Å². The van der Waals surface area contributed by atoms with Crippen molar-refractivity contribution in [2.45, 2.75) is 82.9 Å². The molecule has 1 unspecified atom stereocenters. The molecule has 178 valence electrons.